The Kier molecular flexibility index (Phi) is 7.07. The summed E-state index contributed by atoms with van der Waals surface area (Å²) >= 11 is 0. The Balaban J connectivity index is 1.14. The molecule has 0 aliphatic rings. The molecule has 0 N–H and O–H groups in total. The van der Waals surface area contributed by atoms with Gasteiger partial charge in [0.25, 0.3) is 6.33 Å². The van der Waals surface area contributed by atoms with Crippen LogP contribution in [0.25, 0.3) is 61.2 Å². The summed E-state index contributed by atoms with van der Waals surface area (Å²) in [4.78, 5) is 4.87. The maximum Gasteiger partial charge on any atom is 0.269 e. The van der Waals surface area contributed by atoms with E-state index in [1.54, 1.807) is 27.3 Å². The number of hydrogen-bond acceptors (Lipinski definition) is 2. The zero-order valence-corrected chi connectivity index (χ0v) is 40.7. The van der Waals surface area contributed by atoms with Gasteiger partial charge in [0.2, 0.25) is 0 Å². The molecule has 72 heavy (non-hydrogen) atoms. The Morgan fingerprint density at radius 2 is 1.21 bits per heavy atom. The molecule has 3 heterocycles. The molecule has 0 unspecified atom stereocenters. The van der Waals surface area contributed by atoms with E-state index in [2.05, 4.69) is 29.1 Å². The fourth-order valence-corrected chi connectivity index (χ4v) is 13.3. The van der Waals surface area contributed by atoms with E-state index in [0.29, 0.717) is 33.8 Å². The second-order valence-corrected chi connectivity index (χ2v) is 22.0. The predicted molar refractivity (Wildman–Crippen MR) is 300 cm³/mol. The molecule has 0 amide bonds. The normalized spacial score (nSPS) is 15.7. The van der Waals surface area contributed by atoms with Gasteiger partial charge in [-0.2, -0.15) is 0 Å². The predicted octanol–water partition coefficient (Wildman–Crippen LogP) is 13.0. The Hall–Kier alpha value is -8.58. The largest absolute Gasteiger partial charge is 0.458 e. The van der Waals surface area contributed by atoms with E-state index in [1.165, 1.54) is 0 Å². The van der Waals surface area contributed by atoms with Gasteiger partial charge in [-0.05, 0) is 104 Å². The van der Waals surface area contributed by atoms with Crippen molar-refractivity contribution in [3.05, 3.63) is 259 Å². The van der Waals surface area contributed by atoms with Gasteiger partial charge in [-0.15, -0.1) is 0 Å². The molecule has 0 aliphatic carbocycles. The maximum atomic E-state index is 10.7. The molecule has 348 valence electrons. The van der Waals surface area contributed by atoms with Crippen LogP contribution in [-0.2, 0) is 5.41 Å². The molecule has 0 radical (unpaired) electrons. The number of nitrogens with zero attached hydrogens (tertiary/aromatic N) is 4. The Morgan fingerprint density at radius 1 is 0.583 bits per heavy atom. The molecular weight excluding hydrogens is 893 g/mol. The van der Waals surface area contributed by atoms with Crippen molar-refractivity contribution in [3.63, 3.8) is 0 Å². The molecule has 0 atom stereocenters. The van der Waals surface area contributed by atoms with E-state index >= 15 is 0 Å². The number of benzene rings is 9. The number of pyridine rings is 1. The lowest BCUT2D eigenvalue weighted by Crippen LogP contribution is -2.74. The molecule has 0 bridgehead atoms. The van der Waals surface area contributed by atoms with E-state index < -0.39 is 155 Å². The van der Waals surface area contributed by atoms with Crippen LogP contribution in [0.2, 0.25) is 0 Å². The first-order valence-electron chi connectivity index (χ1n) is 32.7. The van der Waals surface area contributed by atoms with Gasteiger partial charge in [0.05, 0.1) is 59.5 Å². The molecule has 0 saturated carbocycles. The minimum atomic E-state index is -6.15. The van der Waals surface area contributed by atoms with Gasteiger partial charge in [0.1, 0.15) is 17.3 Å². The van der Waals surface area contributed by atoms with Crippen molar-refractivity contribution in [1.82, 2.24) is 14.1 Å². The van der Waals surface area contributed by atoms with Gasteiger partial charge < -0.3 is 4.74 Å². The van der Waals surface area contributed by atoms with Gasteiger partial charge in [0, 0.05) is 23.0 Å². The number of rotatable bonds is 10. The zero-order chi connectivity index (χ0) is 65.5. The molecule has 6 heteroatoms. The second kappa shape index (κ2) is 18.0. The number of aromatic nitrogens is 4. The molecule has 0 saturated heterocycles. The van der Waals surface area contributed by atoms with Crippen molar-refractivity contribution in [1.29, 1.82) is 0 Å². The fraction of sp³-hybridized carbons (Fsp3) is 0.0909. The number of ether oxygens (including phenoxy) is 1. The van der Waals surface area contributed by atoms with Crippen LogP contribution in [0.4, 0.5) is 0 Å². The molecule has 0 fully saturated rings. The van der Waals surface area contributed by atoms with Crippen LogP contribution < -0.4 is 30.1 Å². The first-order chi connectivity index (χ1) is 43.0. The summed E-state index contributed by atoms with van der Waals surface area (Å²) in [7, 11) is -6.15. The van der Waals surface area contributed by atoms with Crippen LogP contribution in [0.15, 0.2) is 236 Å². The average Bonchev–Trinajstić information content (AvgIpc) is 1.36. The molecule has 3 aromatic heterocycles. The van der Waals surface area contributed by atoms with Crippen LogP contribution in [-0.4, -0.2) is 22.2 Å². The van der Waals surface area contributed by atoms with Crippen LogP contribution in [0.3, 0.4) is 0 Å². The fourth-order valence-electron chi connectivity index (χ4n) is 9.74. The minimum Gasteiger partial charge on any atom is -0.458 e. The lowest BCUT2D eigenvalue weighted by molar-refractivity contribution is -0.572. The first kappa shape index (κ1) is 28.3. The highest BCUT2D eigenvalue weighted by molar-refractivity contribution is 7.19. The summed E-state index contributed by atoms with van der Waals surface area (Å²) in [5, 5.41) is -1.60. The third-order valence-corrected chi connectivity index (χ3v) is 16.9. The van der Waals surface area contributed by atoms with Crippen LogP contribution in [0.1, 0.15) is 63.5 Å². The number of aryl methyl sites for hydroxylation is 2. The highest BCUT2D eigenvalue weighted by Gasteiger charge is 2.41. The van der Waals surface area contributed by atoms with E-state index in [1.807, 2.05) is 120 Å². The molecule has 12 rings (SSSR count). The van der Waals surface area contributed by atoms with Gasteiger partial charge >= 0.3 is 0 Å². The number of imidazole rings is 1. The zero-order valence-electron chi connectivity index (χ0n) is 58.7. The summed E-state index contributed by atoms with van der Waals surface area (Å²) in [6.45, 7) is 9.82. The van der Waals surface area contributed by atoms with E-state index in [0.717, 1.165) is 38.8 Å². The number of fused-ring (bicyclic) bond motifs is 4. The first-order valence-corrected chi connectivity index (χ1v) is 25.2. The minimum absolute atomic E-state index is 0.0355. The molecule has 5 nitrogen and oxygen atoms in total. The van der Waals surface area contributed by atoms with Crippen molar-refractivity contribution in [3.8, 4) is 39.8 Å². The molecule has 0 spiro atoms. The summed E-state index contributed by atoms with van der Waals surface area (Å²) in [6, 6.07) is 16.5. The molecule has 0 aliphatic heterocycles. The van der Waals surface area contributed by atoms with Crippen LogP contribution in [0, 0.1) is 20.2 Å². The monoisotopic (exact) mass is 966 g/mol. The Labute approximate surface area is 449 Å². The standard InChI is InChI=1S/C66H54N4OSi/c1-46-40-47(2)65(67-44-46)70-60-35-16-15-32-57(60)58-39-38-51(43-63(58)70)71-50-24-20-23-49(42-50)68-45-69(62-37-18-17-36-61(62)68)64-56(33-21-34-59(64)66(3,4)5)48-22-19-31-55(41-48)72(52-25-9-6-10-26-52,53-27-11-7-12-28-53)54-29-13-8-14-30-54/h6-44H,1-5H3/i6D,7D,8D,9D,10D,11D,12D,13D,14D,19D,22D,25D,26D,27D,28D,29D,30D,31D,41D. The van der Waals surface area contributed by atoms with Crippen molar-refractivity contribution in [2.45, 2.75) is 40.0 Å². The number of para-hydroxylation sites is 4. The topological polar surface area (TPSA) is 35.9 Å². The third kappa shape index (κ3) is 7.63. The lowest BCUT2D eigenvalue weighted by atomic mass is 9.83. The Bertz CT molecular complexity index is 4880. The third-order valence-electron chi connectivity index (χ3n) is 12.9. The van der Waals surface area contributed by atoms with Gasteiger partial charge in [-0.1, -0.05) is 208 Å². The van der Waals surface area contributed by atoms with Crippen molar-refractivity contribution >= 4 is 61.7 Å². The van der Waals surface area contributed by atoms with E-state index in [9.17, 15) is 13.7 Å². The quantitative estimate of drug-likeness (QED) is 0.0593. The lowest BCUT2D eigenvalue weighted by Gasteiger charge is -2.35. The average molecular weight is 966 g/mol. The van der Waals surface area contributed by atoms with Gasteiger partial charge in [-0.25, -0.2) is 4.98 Å². The summed E-state index contributed by atoms with van der Waals surface area (Å²) in [5.41, 5.74) is 5.31. The van der Waals surface area contributed by atoms with E-state index in [4.69, 9.17) is 22.1 Å². The second-order valence-electron chi connectivity index (χ2n) is 18.5. The van der Waals surface area contributed by atoms with Crippen LogP contribution in [0.5, 0.6) is 11.5 Å². The maximum absolute atomic E-state index is 10.7. The Morgan fingerprint density at radius 3 is 1.90 bits per heavy atom. The summed E-state index contributed by atoms with van der Waals surface area (Å²) in [6.07, 6.45) is 5.38. The van der Waals surface area contributed by atoms with Gasteiger partial charge in [-0.3, -0.25) is 13.7 Å². The highest BCUT2D eigenvalue weighted by atomic mass is 28.3. The molecular formula is C66H54N4OSi. The van der Waals surface area contributed by atoms with E-state index in [-0.39, 0.29) is 11.3 Å². The molecule has 12 aromatic rings. The van der Waals surface area contributed by atoms with Crippen molar-refractivity contribution in [2.24, 2.45) is 0 Å². The van der Waals surface area contributed by atoms with Crippen molar-refractivity contribution < 1.29 is 35.3 Å². The van der Waals surface area contributed by atoms with Crippen molar-refractivity contribution in [2.75, 3.05) is 0 Å². The number of hydrogen-bond donors (Lipinski definition) is 0. The highest BCUT2D eigenvalue weighted by Crippen LogP contribution is 2.38. The van der Waals surface area contributed by atoms with Crippen LogP contribution >= 0.6 is 0 Å². The van der Waals surface area contributed by atoms with Gasteiger partial charge in [0.15, 0.2) is 8.07 Å². The summed E-state index contributed by atoms with van der Waals surface area (Å²) < 4.78 is 191. The smallest absolute Gasteiger partial charge is 0.269 e. The summed E-state index contributed by atoms with van der Waals surface area (Å²) in [5.74, 6) is 1.79. The SMILES string of the molecule is [2H]c1c([2H])c([2H])c([Si](c2c([2H])c([2H])c([2H])c([2H])c2[2H])(c2c([2H])c([2H])c([2H])c([2H])c2[2H])c2c([2H])c([2H])c([2H])c(-c3cccc(C(C)(C)C)c3-[n+]3[c-]n(-c4cccc(Oc5ccc6c7ccccc7n(-c7ncc(C)cc7C)c6c5)c4)c4ccccc43)c2[2H])c([2H])c1[2H]. The molecule has 9 aromatic carbocycles.